The maximum Gasteiger partial charge on any atom is 0.161 e. The molecule has 0 spiro atoms. The van der Waals surface area contributed by atoms with Gasteiger partial charge in [-0.3, -0.25) is 0 Å². The number of nitriles is 1. The third-order valence-electron chi connectivity index (χ3n) is 8.80. The zero-order chi connectivity index (χ0) is 29.8. The molecule has 4 heteroatoms. The van der Waals surface area contributed by atoms with Crippen molar-refractivity contribution >= 4 is 21.7 Å². The van der Waals surface area contributed by atoms with Crippen molar-refractivity contribution in [3.8, 4) is 51.3 Å². The van der Waals surface area contributed by atoms with Gasteiger partial charge in [0.15, 0.2) is 5.82 Å². The van der Waals surface area contributed by atoms with Crippen molar-refractivity contribution in [1.82, 2.24) is 9.97 Å². The van der Waals surface area contributed by atoms with Crippen LogP contribution in [0.15, 0.2) is 127 Å². The molecule has 1 aromatic heterocycles. The minimum Gasteiger partial charge on any atom is -0.457 e. The summed E-state index contributed by atoms with van der Waals surface area (Å²) in [6.07, 6.45) is 0. The van der Waals surface area contributed by atoms with Crippen molar-refractivity contribution in [3.05, 3.63) is 144 Å². The van der Waals surface area contributed by atoms with Crippen molar-refractivity contribution < 1.29 is 4.74 Å². The molecule has 6 aromatic carbocycles. The molecule has 4 nitrogen and oxygen atoms in total. The van der Waals surface area contributed by atoms with Gasteiger partial charge >= 0.3 is 0 Å². The summed E-state index contributed by atoms with van der Waals surface area (Å²) in [4.78, 5) is 10.1. The van der Waals surface area contributed by atoms with Crippen LogP contribution in [0.1, 0.15) is 30.5 Å². The van der Waals surface area contributed by atoms with E-state index < -0.39 is 0 Å². The number of hydrogen-bond acceptors (Lipinski definition) is 4. The number of aromatic nitrogens is 2. The maximum atomic E-state index is 10.3. The van der Waals surface area contributed by atoms with Crippen LogP contribution in [0.3, 0.4) is 0 Å². The second kappa shape index (κ2) is 9.90. The molecule has 1 aliphatic rings. The molecule has 44 heavy (non-hydrogen) atoms. The molecule has 208 valence electrons. The Morgan fingerprint density at radius 1 is 0.614 bits per heavy atom. The molecule has 0 atom stereocenters. The first kappa shape index (κ1) is 25.9. The Morgan fingerprint density at radius 3 is 2.16 bits per heavy atom. The molecule has 0 saturated carbocycles. The zero-order valence-corrected chi connectivity index (χ0v) is 24.4. The topological polar surface area (TPSA) is 58.8 Å². The second-order valence-corrected chi connectivity index (χ2v) is 11.7. The van der Waals surface area contributed by atoms with Gasteiger partial charge < -0.3 is 4.74 Å². The lowest BCUT2D eigenvalue weighted by atomic mass is 9.75. The molecule has 2 heterocycles. The third kappa shape index (κ3) is 4.06. The molecule has 0 amide bonds. The van der Waals surface area contributed by atoms with E-state index in [0.29, 0.717) is 22.7 Å². The van der Waals surface area contributed by atoms with Gasteiger partial charge in [-0.25, -0.2) is 9.97 Å². The van der Waals surface area contributed by atoms with Crippen LogP contribution in [-0.2, 0) is 5.41 Å². The Labute approximate surface area is 255 Å². The van der Waals surface area contributed by atoms with Gasteiger partial charge in [0.25, 0.3) is 0 Å². The van der Waals surface area contributed by atoms with E-state index in [1.54, 1.807) is 0 Å². The molecule has 0 N–H and O–H groups in total. The number of rotatable bonds is 3. The average Bonchev–Trinajstić information content (AvgIpc) is 3.07. The zero-order valence-electron chi connectivity index (χ0n) is 24.4. The Balaban J connectivity index is 1.28. The van der Waals surface area contributed by atoms with Gasteiger partial charge in [-0.2, -0.15) is 5.26 Å². The van der Waals surface area contributed by atoms with Crippen LogP contribution in [0.4, 0.5) is 0 Å². The first-order valence-corrected chi connectivity index (χ1v) is 14.7. The highest BCUT2D eigenvalue weighted by Gasteiger charge is 2.35. The second-order valence-electron chi connectivity index (χ2n) is 11.7. The number of ether oxygens (including phenoxy) is 1. The number of fused-ring (bicyclic) bond motifs is 4. The first-order valence-electron chi connectivity index (χ1n) is 14.7. The van der Waals surface area contributed by atoms with E-state index in [9.17, 15) is 5.26 Å². The smallest absolute Gasteiger partial charge is 0.161 e. The van der Waals surface area contributed by atoms with Gasteiger partial charge in [-0.1, -0.05) is 117 Å². The van der Waals surface area contributed by atoms with E-state index in [1.165, 1.54) is 16.3 Å². The van der Waals surface area contributed by atoms with Crippen LogP contribution in [0, 0.1) is 11.3 Å². The fourth-order valence-corrected chi connectivity index (χ4v) is 6.47. The molecular formula is C40H27N3O. The predicted molar refractivity (Wildman–Crippen MR) is 177 cm³/mol. The van der Waals surface area contributed by atoms with E-state index in [0.717, 1.165) is 44.6 Å². The van der Waals surface area contributed by atoms with Crippen LogP contribution in [0.25, 0.3) is 55.4 Å². The monoisotopic (exact) mass is 565 g/mol. The van der Waals surface area contributed by atoms with E-state index in [1.807, 2.05) is 48.5 Å². The van der Waals surface area contributed by atoms with Crippen LogP contribution in [-0.4, -0.2) is 9.97 Å². The minimum atomic E-state index is -0.329. The lowest BCUT2D eigenvalue weighted by Gasteiger charge is -2.34. The summed E-state index contributed by atoms with van der Waals surface area (Å²) in [5.74, 6) is 2.03. The van der Waals surface area contributed by atoms with Crippen LogP contribution < -0.4 is 4.74 Å². The van der Waals surface area contributed by atoms with E-state index in [4.69, 9.17) is 14.7 Å². The van der Waals surface area contributed by atoms with Crippen molar-refractivity contribution in [3.63, 3.8) is 0 Å². The van der Waals surface area contributed by atoms with Gasteiger partial charge in [-0.05, 0) is 46.2 Å². The number of nitrogens with zero attached hydrogens (tertiary/aromatic N) is 3. The lowest BCUT2D eigenvalue weighted by molar-refractivity contribution is 0.418. The quantitative estimate of drug-likeness (QED) is 0.214. The van der Waals surface area contributed by atoms with Crippen LogP contribution in [0.2, 0.25) is 0 Å². The standard InChI is InChI=1S/C40H27N3O/c1-40(2)33-15-6-8-17-36(33)44-37-22-28(24-41)32(23-34(37)40)39-42-35-16-7-5-13-31(35)38(43-39)27-20-18-26(19-21-27)30-14-9-11-25-10-3-4-12-29(25)30/h3-23H,1-2H3. The van der Waals surface area contributed by atoms with Gasteiger partial charge in [0.05, 0.1) is 16.8 Å². The van der Waals surface area contributed by atoms with Crippen molar-refractivity contribution in [2.24, 2.45) is 0 Å². The molecule has 0 aliphatic carbocycles. The van der Waals surface area contributed by atoms with Gasteiger partial charge in [-0.15, -0.1) is 0 Å². The van der Waals surface area contributed by atoms with Crippen molar-refractivity contribution in [1.29, 1.82) is 5.26 Å². The Morgan fingerprint density at radius 2 is 1.32 bits per heavy atom. The first-order chi connectivity index (χ1) is 21.5. The lowest BCUT2D eigenvalue weighted by Crippen LogP contribution is -2.24. The molecule has 1 aliphatic heterocycles. The molecule has 0 unspecified atom stereocenters. The predicted octanol–water partition coefficient (Wildman–Crippen LogP) is 10.1. The van der Waals surface area contributed by atoms with E-state index in [-0.39, 0.29) is 5.41 Å². The third-order valence-corrected chi connectivity index (χ3v) is 8.80. The SMILES string of the molecule is CC1(C)c2ccccc2Oc2cc(C#N)c(-c3nc(-c4ccc(-c5cccc6ccccc56)cc4)c4ccccc4n3)cc21. The molecule has 8 rings (SSSR count). The number of para-hydroxylation sites is 2. The van der Waals surface area contributed by atoms with Gasteiger partial charge in [0, 0.05) is 33.1 Å². The summed E-state index contributed by atoms with van der Waals surface area (Å²) >= 11 is 0. The minimum absolute atomic E-state index is 0.329. The summed E-state index contributed by atoms with van der Waals surface area (Å²) in [6.45, 7) is 4.38. The van der Waals surface area contributed by atoms with E-state index >= 15 is 0 Å². The molecule has 7 aromatic rings. The highest BCUT2D eigenvalue weighted by atomic mass is 16.5. The largest absolute Gasteiger partial charge is 0.457 e. The van der Waals surface area contributed by atoms with Crippen molar-refractivity contribution in [2.45, 2.75) is 19.3 Å². The maximum absolute atomic E-state index is 10.3. The molecule has 0 saturated heterocycles. The molecule has 0 bridgehead atoms. The fraction of sp³-hybridized carbons (Fsp3) is 0.0750. The summed E-state index contributed by atoms with van der Waals surface area (Å²) in [5, 5.41) is 13.7. The Hall–Kier alpha value is -5.79. The summed E-state index contributed by atoms with van der Waals surface area (Å²) < 4.78 is 6.29. The summed E-state index contributed by atoms with van der Waals surface area (Å²) in [6, 6.07) is 45.8. The fourth-order valence-electron chi connectivity index (χ4n) is 6.47. The molecule has 0 radical (unpaired) electrons. The number of hydrogen-bond donors (Lipinski definition) is 0. The Kier molecular flexibility index (Phi) is 5.82. The highest BCUT2D eigenvalue weighted by Crippen LogP contribution is 2.49. The van der Waals surface area contributed by atoms with Gasteiger partial charge in [0.2, 0.25) is 0 Å². The van der Waals surface area contributed by atoms with Crippen LogP contribution in [0.5, 0.6) is 11.5 Å². The summed E-state index contributed by atoms with van der Waals surface area (Å²) in [5.41, 5.74) is 7.94. The number of benzene rings is 6. The van der Waals surface area contributed by atoms with Crippen LogP contribution >= 0.6 is 0 Å². The highest BCUT2D eigenvalue weighted by molar-refractivity contribution is 5.98. The molecular weight excluding hydrogens is 538 g/mol. The van der Waals surface area contributed by atoms with E-state index in [2.05, 4.69) is 98.8 Å². The van der Waals surface area contributed by atoms with Crippen molar-refractivity contribution in [2.75, 3.05) is 0 Å². The normalized spacial score (nSPS) is 13.1. The average molecular weight is 566 g/mol. The molecule has 0 fully saturated rings. The Bertz CT molecular complexity index is 2290. The van der Waals surface area contributed by atoms with Gasteiger partial charge in [0.1, 0.15) is 17.6 Å². The summed E-state index contributed by atoms with van der Waals surface area (Å²) in [7, 11) is 0.